The molecule has 0 aliphatic carbocycles. The molecule has 2 aromatic carbocycles. The second-order valence-electron chi connectivity index (χ2n) is 4.89. The van der Waals surface area contributed by atoms with Crippen LogP contribution in [0.4, 0.5) is 10.1 Å². The van der Waals surface area contributed by atoms with Gasteiger partial charge in [-0.05, 0) is 29.8 Å². The van der Waals surface area contributed by atoms with E-state index >= 15 is 0 Å². The van der Waals surface area contributed by atoms with Crippen LogP contribution < -0.4 is 15.8 Å². The van der Waals surface area contributed by atoms with Crippen molar-refractivity contribution in [3.05, 3.63) is 58.9 Å². The Balaban J connectivity index is 0.00000312. The van der Waals surface area contributed by atoms with Crippen LogP contribution in [0.1, 0.15) is 5.56 Å². The molecule has 25 heavy (non-hydrogen) atoms. The number of nitrogens with zero attached hydrogens (tertiary/aromatic N) is 1. The molecule has 3 N–H and O–H groups in total. The largest absolute Gasteiger partial charge is 0.495 e. The summed E-state index contributed by atoms with van der Waals surface area (Å²) in [5.74, 6) is 2.10. The Labute approximate surface area is 173 Å². The number of rotatable bonds is 7. The van der Waals surface area contributed by atoms with E-state index in [1.54, 1.807) is 49.2 Å². The first-order chi connectivity index (χ1) is 11.6. The second kappa shape index (κ2) is 11.4. The summed E-state index contributed by atoms with van der Waals surface area (Å²) in [5, 5.41) is 3.47. The van der Waals surface area contributed by atoms with E-state index in [1.165, 1.54) is 6.07 Å². The molecule has 2 aromatic rings. The summed E-state index contributed by atoms with van der Waals surface area (Å²) in [7, 11) is 1.56. The number of thioether (sulfide) groups is 1. The SMILES string of the molecule is COc1ccc(NC(N)=NCCSCc2ccccc2F)cc1Cl.I. The molecule has 0 aliphatic heterocycles. The lowest BCUT2D eigenvalue weighted by molar-refractivity contribution is 0.415. The first kappa shape index (κ1) is 21.9. The molecule has 0 amide bonds. The summed E-state index contributed by atoms with van der Waals surface area (Å²) in [4.78, 5) is 4.24. The number of guanidine groups is 1. The number of halogens is 3. The van der Waals surface area contributed by atoms with E-state index in [4.69, 9.17) is 22.1 Å². The highest BCUT2D eigenvalue weighted by Crippen LogP contribution is 2.27. The molecule has 0 radical (unpaired) electrons. The van der Waals surface area contributed by atoms with Crippen molar-refractivity contribution < 1.29 is 9.13 Å². The van der Waals surface area contributed by atoms with Crippen LogP contribution in [0.2, 0.25) is 5.02 Å². The van der Waals surface area contributed by atoms with Gasteiger partial charge in [0.2, 0.25) is 0 Å². The van der Waals surface area contributed by atoms with E-state index < -0.39 is 0 Å². The molecule has 0 aliphatic rings. The molecule has 0 bridgehead atoms. The van der Waals surface area contributed by atoms with E-state index in [9.17, 15) is 4.39 Å². The number of hydrogen-bond acceptors (Lipinski definition) is 3. The summed E-state index contributed by atoms with van der Waals surface area (Å²) < 4.78 is 18.6. The number of ether oxygens (including phenoxy) is 1. The number of benzene rings is 2. The minimum absolute atomic E-state index is 0. The summed E-state index contributed by atoms with van der Waals surface area (Å²) in [6.45, 7) is 0.543. The standard InChI is InChI=1S/C17H19ClFN3OS.HI/c1-23-16-7-6-13(10-14(16)18)22-17(20)21-8-9-24-11-12-4-2-3-5-15(12)19;/h2-7,10H,8-9,11H2,1H3,(H3,20,21,22);1H. The van der Waals surface area contributed by atoms with Gasteiger partial charge in [0.1, 0.15) is 11.6 Å². The molecule has 0 saturated heterocycles. The van der Waals surface area contributed by atoms with Crippen molar-refractivity contribution in [1.29, 1.82) is 0 Å². The van der Waals surface area contributed by atoms with Crippen molar-refractivity contribution in [2.24, 2.45) is 10.7 Å². The second-order valence-corrected chi connectivity index (χ2v) is 6.40. The summed E-state index contributed by atoms with van der Waals surface area (Å²) in [5.41, 5.74) is 7.28. The number of anilines is 1. The van der Waals surface area contributed by atoms with Crippen LogP contribution in [0.15, 0.2) is 47.5 Å². The third kappa shape index (κ3) is 7.29. The van der Waals surface area contributed by atoms with Crippen LogP contribution >= 0.6 is 47.3 Å². The van der Waals surface area contributed by atoms with Crippen LogP contribution in [0, 0.1) is 5.82 Å². The van der Waals surface area contributed by atoms with Gasteiger partial charge >= 0.3 is 0 Å². The van der Waals surface area contributed by atoms with Crippen molar-refractivity contribution >= 4 is 59.0 Å². The summed E-state index contributed by atoms with van der Waals surface area (Å²) in [6.07, 6.45) is 0. The van der Waals surface area contributed by atoms with Crippen LogP contribution in [0.25, 0.3) is 0 Å². The van der Waals surface area contributed by atoms with Crippen LogP contribution in [-0.2, 0) is 5.75 Å². The lowest BCUT2D eigenvalue weighted by atomic mass is 10.2. The monoisotopic (exact) mass is 495 g/mol. The number of nitrogens with two attached hydrogens (primary N) is 1. The van der Waals surface area contributed by atoms with E-state index in [0.717, 1.165) is 11.4 Å². The number of nitrogens with one attached hydrogen (secondary N) is 1. The number of hydrogen-bond donors (Lipinski definition) is 2. The van der Waals surface area contributed by atoms with E-state index in [1.807, 2.05) is 6.07 Å². The molecule has 0 spiro atoms. The molecular weight excluding hydrogens is 476 g/mol. The fourth-order valence-electron chi connectivity index (χ4n) is 1.96. The molecular formula is C17H20ClFIN3OS. The third-order valence-electron chi connectivity index (χ3n) is 3.16. The third-order valence-corrected chi connectivity index (χ3v) is 4.44. The van der Waals surface area contributed by atoms with Gasteiger partial charge in [0.05, 0.1) is 18.7 Å². The molecule has 0 atom stereocenters. The molecule has 4 nitrogen and oxygen atoms in total. The van der Waals surface area contributed by atoms with Gasteiger partial charge in [-0.15, -0.1) is 24.0 Å². The lowest BCUT2D eigenvalue weighted by Crippen LogP contribution is -2.23. The number of aliphatic imine (C=N–C) groups is 1. The Hall–Kier alpha value is -1.19. The van der Waals surface area contributed by atoms with Crippen LogP contribution in [-0.4, -0.2) is 25.4 Å². The minimum Gasteiger partial charge on any atom is -0.495 e. The van der Waals surface area contributed by atoms with Crippen molar-refractivity contribution in [3.8, 4) is 5.75 Å². The molecule has 2 rings (SSSR count). The van der Waals surface area contributed by atoms with E-state index in [-0.39, 0.29) is 29.8 Å². The lowest BCUT2D eigenvalue weighted by Gasteiger charge is -2.08. The highest BCUT2D eigenvalue weighted by molar-refractivity contribution is 14.0. The Morgan fingerprint density at radius 3 is 2.76 bits per heavy atom. The zero-order valence-corrected chi connectivity index (χ0v) is 17.6. The fraction of sp³-hybridized carbons (Fsp3) is 0.235. The van der Waals surface area contributed by atoms with E-state index in [2.05, 4.69) is 10.3 Å². The maximum absolute atomic E-state index is 13.5. The highest BCUT2D eigenvalue weighted by Gasteiger charge is 2.03. The average molecular weight is 496 g/mol. The van der Waals surface area contributed by atoms with Crippen LogP contribution in [0.3, 0.4) is 0 Å². The Morgan fingerprint density at radius 1 is 1.32 bits per heavy atom. The maximum Gasteiger partial charge on any atom is 0.193 e. The average Bonchev–Trinajstić information content (AvgIpc) is 2.56. The summed E-state index contributed by atoms with van der Waals surface area (Å²) in [6, 6.07) is 12.0. The van der Waals surface area contributed by atoms with Crippen LogP contribution in [0.5, 0.6) is 5.75 Å². The smallest absolute Gasteiger partial charge is 0.193 e. The van der Waals surface area contributed by atoms with Crippen molar-refractivity contribution in [1.82, 2.24) is 0 Å². The minimum atomic E-state index is -0.175. The van der Waals surface area contributed by atoms with Gasteiger partial charge in [0, 0.05) is 17.2 Å². The van der Waals surface area contributed by atoms with Gasteiger partial charge in [-0.2, -0.15) is 11.8 Å². The van der Waals surface area contributed by atoms with Crippen molar-refractivity contribution in [2.45, 2.75) is 5.75 Å². The normalized spacial score (nSPS) is 10.9. The molecule has 8 heteroatoms. The van der Waals surface area contributed by atoms with Gasteiger partial charge in [-0.1, -0.05) is 29.8 Å². The van der Waals surface area contributed by atoms with Gasteiger partial charge in [0.15, 0.2) is 5.96 Å². The fourth-order valence-corrected chi connectivity index (χ4v) is 3.04. The Bertz CT molecular complexity index is 718. The highest BCUT2D eigenvalue weighted by atomic mass is 127. The van der Waals surface area contributed by atoms with Gasteiger partial charge in [-0.3, -0.25) is 4.99 Å². The van der Waals surface area contributed by atoms with Gasteiger partial charge in [0.25, 0.3) is 0 Å². The Kier molecular flexibility index (Phi) is 9.99. The first-order valence-electron chi connectivity index (χ1n) is 7.32. The molecule has 0 unspecified atom stereocenters. The van der Waals surface area contributed by atoms with Crippen molar-refractivity contribution in [3.63, 3.8) is 0 Å². The Morgan fingerprint density at radius 2 is 2.08 bits per heavy atom. The number of methoxy groups -OCH3 is 1. The predicted octanol–water partition coefficient (Wildman–Crippen LogP) is 4.77. The predicted molar refractivity (Wildman–Crippen MR) is 116 cm³/mol. The van der Waals surface area contributed by atoms with Crippen molar-refractivity contribution in [2.75, 3.05) is 24.7 Å². The molecule has 0 heterocycles. The summed E-state index contributed by atoms with van der Waals surface area (Å²) >= 11 is 7.66. The maximum atomic E-state index is 13.5. The van der Waals surface area contributed by atoms with Gasteiger partial charge < -0.3 is 15.8 Å². The molecule has 0 aromatic heterocycles. The molecule has 0 saturated carbocycles. The quantitative estimate of drug-likeness (QED) is 0.252. The molecule has 136 valence electrons. The topological polar surface area (TPSA) is 59.6 Å². The first-order valence-corrected chi connectivity index (χ1v) is 8.85. The molecule has 0 fully saturated rings. The van der Waals surface area contributed by atoms with Gasteiger partial charge in [-0.25, -0.2) is 4.39 Å². The zero-order chi connectivity index (χ0) is 17.4. The van der Waals surface area contributed by atoms with E-state index in [0.29, 0.717) is 34.6 Å². The zero-order valence-electron chi connectivity index (χ0n) is 13.7.